The summed E-state index contributed by atoms with van der Waals surface area (Å²) in [4.78, 5) is 12.9. The molecule has 9 atom stereocenters. The van der Waals surface area contributed by atoms with E-state index in [1.54, 1.807) is 6.08 Å². The highest BCUT2D eigenvalue weighted by Gasteiger charge is 2.82. The average molecular weight is 571 g/mol. The molecular formula is C40H58O2. The van der Waals surface area contributed by atoms with Crippen LogP contribution < -0.4 is 0 Å². The number of benzene rings is 1. The first-order chi connectivity index (χ1) is 19.8. The van der Waals surface area contributed by atoms with Crippen LogP contribution in [0.5, 0.6) is 0 Å². The lowest BCUT2D eigenvalue weighted by atomic mass is 9.41. The summed E-state index contributed by atoms with van der Waals surface area (Å²) >= 11 is 0. The highest BCUT2D eigenvalue weighted by Crippen LogP contribution is 2.89. The molecule has 0 radical (unpaired) electrons. The molecule has 0 aliphatic heterocycles. The Hall–Kier alpha value is -1.83. The van der Waals surface area contributed by atoms with Crippen LogP contribution in [0.3, 0.4) is 0 Å². The predicted molar refractivity (Wildman–Crippen MR) is 175 cm³/mol. The van der Waals surface area contributed by atoms with E-state index >= 15 is 0 Å². The topological polar surface area (TPSA) is 26.3 Å². The first kappa shape index (κ1) is 30.2. The predicted octanol–water partition coefficient (Wildman–Crippen LogP) is 10.7. The van der Waals surface area contributed by atoms with Crippen LogP contribution in [0.4, 0.5) is 0 Å². The van der Waals surface area contributed by atoms with Gasteiger partial charge in [0.05, 0.1) is 0 Å². The molecule has 2 heteroatoms. The summed E-state index contributed by atoms with van der Waals surface area (Å²) in [5.41, 5.74) is 4.44. The minimum Gasteiger partial charge on any atom is -0.459 e. The molecule has 5 fully saturated rings. The molecule has 6 rings (SSSR count). The maximum atomic E-state index is 12.9. The molecule has 5 saturated carbocycles. The van der Waals surface area contributed by atoms with Gasteiger partial charge in [-0.3, -0.25) is 0 Å². The standard InChI is InChI=1S/C40H58O2/c1-27(2)28(3)14-15-29(4)31-20-22-38(8)33-18-17-32-36(5,6)34(42-35(41)19-16-30-12-10-9-11-13-30)21-23-39(32)26-40(33,39)25-24-37(31,38)7/h9-13,16,19,27,29,31-34H,3,14-15,17-18,20-26H2,1-2,4-8H3/b19-16+/t29-,31-,32+,33+,34+,37-,38+,39-,40+/m1/s1. The van der Waals surface area contributed by atoms with Gasteiger partial charge in [-0.05, 0) is 134 Å². The molecule has 0 amide bonds. The number of hydrogen-bond donors (Lipinski definition) is 0. The Labute approximate surface area is 257 Å². The number of hydrogen-bond acceptors (Lipinski definition) is 2. The third-order valence-electron chi connectivity index (χ3n) is 15.0. The van der Waals surface area contributed by atoms with Gasteiger partial charge in [0, 0.05) is 11.5 Å². The molecule has 0 aromatic heterocycles. The lowest BCUT2D eigenvalue weighted by molar-refractivity contribution is -0.179. The van der Waals surface area contributed by atoms with Crippen molar-refractivity contribution in [2.75, 3.05) is 0 Å². The van der Waals surface area contributed by atoms with Gasteiger partial charge in [-0.2, -0.15) is 0 Å². The van der Waals surface area contributed by atoms with Crippen molar-refractivity contribution < 1.29 is 9.53 Å². The smallest absolute Gasteiger partial charge is 0.331 e. The van der Waals surface area contributed by atoms with Crippen molar-refractivity contribution in [3.8, 4) is 0 Å². The van der Waals surface area contributed by atoms with E-state index in [9.17, 15) is 4.79 Å². The zero-order valence-corrected chi connectivity index (χ0v) is 27.8. The molecule has 1 aromatic carbocycles. The summed E-state index contributed by atoms with van der Waals surface area (Å²) in [7, 11) is 0. The summed E-state index contributed by atoms with van der Waals surface area (Å²) in [5.74, 6) is 3.58. The van der Waals surface area contributed by atoms with E-state index in [0.29, 0.717) is 33.5 Å². The molecule has 2 nitrogen and oxygen atoms in total. The van der Waals surface area contributed by atoms with Gasteiger partial charge in [0.25, 0.3) is 0 Å². The van der Waals surface area contributed by atoms with Crippen LogP contribution in [-0.4, -0.2) is 12.1 Å². The largest absolute Gasteiger partial charge is 0.459 e. The third kappa shape index (κ3) is 4.34. The molecule has 5 aliphatic carbocycles. The Morgan fingerprint density at radius 1 is 0.905 bits per heavy atom. The summed E-state index contributed by atoms with van der Waals surface area (Å²) in [6.07, 6.45) is 18.1. The van der Waals surface area contributed by atoms with Crippen molar-refractivity contribution in [1.82, 2.24) is 0 Å². The minimum absolute atomic E-state index is 0.0111. The summed E-state index contributed by atoms with van der Waals surface area (Å²) < 4.78 is 6.24. The first-order valence-electron chi connectivity index (χ1n) is 17.4. The summed E-state index contributed by atoms with van der Waals surface area (Å²) in [6.45, 7) is 21.9. The van der Waals surface area contributed by atoms with Crippen molar-refractivity contribution in [2.45, 2.75) is 125 Å². The van der Waals surface area contributed by atoms with Crippen molar-refractivity contribution >= 4 is 12.0 Å². The van der Waals surface area contributed by atoms with Gasteiger partial charge in [-0.25, -0.2) is 4.79 Å². The second-order valence-corrected chi connectivity index (χ2v) is 17.0. The van der Waals surface area contributed by atoms with E-state index in [1.807, 2.05) is 36.4 Å². The second-order valence-electron chi connectivity index (χ2n) is 17.0. The molecule has 1 aromatic rings. The lowest BCUT2D eigenvalue weighted by Crippen LogP contribution is -2.58. The van der Waals surface area contributed by atoms with E-state index < -0.39 is 0 Å². The minimum atomic E-state index is -0.184. The van der Waals surface area contributed by atoms with Crippen LogP contribution in [0.15, 0.2) is 48.6 Å². The monoisotopic (exact) mass is 570 g/mol. The fraction of sp³-hybridized carbons (Fsp3) is 0.725. The molecule has 42 heavy (non-hydrogen) atoms. The van der Waals surface area contributed by atoms with Crippen molar-refractivity contribution in [2.24, 2.45) is 56.7 Å². The van der Waals surface area contributed by atoms with Crippen molar-refractivity contribution in [3.05, 3.63) is 54.1 Å². The molecular weight excluding hydrogens is 512 g/mol. The maximum absolute atomic E-state index is 12.9. The van der Waals surface area contributed by atoms with Gasteiger partial charge in [-0.1, -0.05) is 91.0 Å². The van der Waals surface area contributed by atoms with Gasteiger partial charge >= 0.3 is 5.97 Å². The second kappa shape index (κ2) is 10.4. The summed E-state index contributed by atoms with van der Waals surface area (Å²) in [5, 5.41) is 0. The SMILES string of the molecule is C=C(CC[C@@H](C)[C@H]1CC[C@@]2(C)[C@@H]3CC[C@H]4C(C)(C)[C@@H](OC(=O)/C=C/c5ccccc5)CC[C@@]45C[C@@]35CC[C@]12C)C(C)C. The fourth-order valence-corrected chi connectivity index (χ4v) is 12.3. The number of rotatable bonds is 8. The Kier molecular flexibility index (Phi) is 7.46. The molecule has 2 spiro atoms. The van der Waals surface area contributed by atoms with E-state index in [-0.39, 0.29) is 17.5 Å². The molecule has 0 N–H and O–H groups in total. The normalized spacial score (nSPS) is 42.3. The van der Waals surface area contributed by atoms with Crippen molar-refractivity contribution in [1.29, 1.82) is 0 Å². The first-order valence-corrected chi connectivity index (χ1v) is 17.4. The zero-order valence-electron chi connectivity index (χ0n) is 27.8. The maximum Gasteiger partial charge on any atom is 0.331 e. The van der Waals surface area contributed by atoms with Crippen LogP contribution in [0.1, 0.15) is 125 Å². The average Bonchev–Trinajstić information content (AvgIpc) is 3.54. The number of carbonyl (C=O) groups is 1. The Morgan fingerprint density at radius 3 is 2.31 bits per heavy atom. The van der Waals surface area contributed by atoms with Gasteiger partial charge < -0.3 is 4.74 Å². The number of fused-ring (bicyclic) bond motifs is 2. The van der Waals surface area contributed by atoms with Gasteiger partial charge in [0.15, 0.2) is 0 Å². The van der Waals surface area contributed by atoms with E-state index in [4.69, 9.17) is 4.74 Å². The van der Waals surface area contributed by atoms with Crippen LogP contribution in [0, 0.1) is 56.7 Å². The summed E-state index contributed by atoms with van der Waals surface area (Å²) in [6, 6.07) is 10.1. The van der Waals surface area contributed by atoms with Crippen molar-refractivity contribution in [3.63, 3.8) is 0 Å². The van der Waals surface area contributed by atoms with E-state index in [2.05, 4.69) is 55.0 Å². The van der Waals surface area contributed by atoms with Gasteiger partial charge in [0.2, 0.25) is 0 Å². The highest BCUT2D eigenvalue weighted by molar-refractivity contribution is 5.87. The lowest BCUT2D eigenvalue weighted by Gasteiger charge is -2.63. The molecule has 0 saturated heterocycles. The molecule has 0 heterocycles. The quantitative estimate of drug-likeness (QED) is 0.176. The molecule has 0 unspecified atom stereocenters. The molecule has 5 aliphatic rings. The number of allylic oxidation sites excluding steroid dienone is 1. The highest BCUT2D eigenvalue weighted by atomic mass is 16.5. The Morgan fingerprint density at radius 2 is 1.60 bits per heavy atom. The molecule has 0 bridgehead atoms. The number of esters is 1. The number of carbonyl (C=O) groups excluding carboxylic acids is 1. The van der Waals surface area contributed by atoms with Crippen LogP contribution >= 0.6 is 0 Å². The molecule has 230 valence electrons. The Bertz CT molecular complexity index is 1230. The van der Waals surface area contributed by atoms with Crippen LogP contribution in [0.25, 0.3) is 6.08 Å². The zero-order chi connectivity index (χ0) is 30.1. The van der Waals surface area contributed by atoms with Gasteiger partial charge in [0.1, 0.15) is 6.10 Å². The number of ether oxygens (including phenoxy) is 1. The van der Waals surface area contributed by atoms with Crippen LogP contribution in [0.2, 0.25) is 0 Å². The third-order valence-corrected chi connectivity index (χ3v) is 15.0. The van der Waals surface area contributed by atoms with E-state index in [1.165, 1.54) is 69.8 Å². The fourth-order valence-electron chi connectivity index (χ4n) is 12.3. The Balaban J connectivity index is 1.16. The van der Waals surface area contributed by atoms with E-state index in [0.717, 1.165) is 29.7 Å². The van der Waals surface area contributed by atoms with Crippen LogP contribution in [-0.2, 0) is 9.53 Å². The van der Waals surface area contributed by atoms with Gasteiger partial charge in [-0.15, -0.1) is 0 Å².